The van der Waals surface area contributed by atoms with Gasteiger partial charge in [-0.2, -0.15) is 13.2 Å². The molecule has 0 bridgehead atoms. The van der Waals surface area contributed by atoms with Crippen LogP contribution in [0.1, 0.15) is 25.3 Å². The molecule has 3 unspecified atom stereocenters. The van der Waals surface area contributed by atoms with E-state index in [1.165, 1.54) is 12.1 Å². The SMILES string of the molecule is CC(C(=O)Nc1ccc(C(F)(F)F)cn1)C1[C@H]2CC(Oc3ccnc4ccc(F)cc34)C[C@@H]12. The predicted molar refractivity (Wildman–Crippen MR) is 113 cm³/mol. The Bertz CT molecular complexity index is 1190. The van der Waals surface area contributed by atoms with E-state index >= 15 is 0 Å². The van der Waals surface area contributed by atoms with Crippen molar-refractivity contribution < 1.29 is 27.1 Å². The van der Waals surface area contributed by atoms with Crippen LogP contribution >= 0.6 is 0 Å². The summed E-state index contributed by atoms with van der Waals surface area (Å²) in [4.78, 5) is 20.6. The number of hydrogen-bond donors (Lipinski definition) is 1. The average molecular weight is 459 g/mol. The number of rotatable bonds is 5. The van der Waals surface area contributed by atoms with Crippen molar-refractivity contribution in [3.05, 3.63) is 60.2 Å². The van der Waals surface area contributed by atoms with Crippen LogP contribution in [0.4, 0.5) is 23.4 Å². The van der Waals surface area contributed by atoms with Crippen LogP contribution in [0, 0.1) is 29.5 Å². The molecule has 0 aliphatic heterocycles. The summed E-state index contributed by atoms with van der Waals surface area (Å²) in [5.74, 6) is 0.700. The minimum Gasteiger partial charge on any atom is -0.490 e. The lowest BCUT2D eigenvalue weighted by Crippen LogP contribution is -2.26. The first-order chi connectivity index (χ1) is 15.7. The number of amides is 1. The monoisotopic (exact) mass is 459 g/mol. The topological polar surface area (TPSA) is 64.1 Å². The summed E-state index contributed by atoms with van der Waals surface area (Å²) in [5.41, 5.74) is -0.196. The number of pyridine rings is 2. The van der Waals surface area contributed by atoms with Crippen LogP contribution < -0.4 is 10.1 Å². The highest BCUT2D eigenvalue weighted by molar-refractivity contribution is 5.92. The van der Waals surface area contributed by atoms with Crippen LogP contribution in [0.2, 0.25) is 0 Å². The highest BCUT2D eigenvalue weighted by atomic mass is 19.4. The molecule has 0 radical (unpaired) electrons. The molecule has 1 N–H and O–H groups in total. The Morgan fingerprint density at radius 1 is 1.12 bits per heavy atom. The van der Waals surface area contributed by atoms with E-state index in [1.54, 1.807) is 18.3 Å². The number of aromatic nitrogens is 2. The Morgan fingerprint density at radius 3 is 2.55 bits per heavy atom. The molecule has 0 spiro atoms. The minimum absolute atomic E-state index is 0.0167. The highest BCUT2D eigenvalue weighted by Gasteiger charge is 2.59. The number of benzene rings is 1. The Kier molecular flexibility index (Phi) is 5.22. The first-order valence-corrected chi connectivity index (χ1v) is 10.8. The fraction of sp³-hybridized carbons (Fsp3) is 0.375. The van der Waals surface area contributed by atoms with E-state index in [0.717, 1.165) is 25.0 Å². The first-order valence-electron chi connectivity index (χ1n) is 10.8. The summed E-state index contributed by atoms with van der Waals surface area (Å²) in [6.45, 7) is 1.83. The van der Waals surface area contributed by atoms with E-state index < -0.39 is 11.7 Å². The van der Waals surface area contributed by atoms with Crippen LogP contribution in [0.15, 0.2) is 48.8 Å². The van der Waals surface area contributed by atoms with Gasteiger partial charge in [0.05, 0.1) is 17.2 Å². The molecule has 2 heterocycles. The number of halogens is 4. The quantitative estimate of drug-likeness (QED) is 0.515. The molecule has 172 valence electrons. The fourth-order valence-electron chi connectivity index (χ4n) is 5.11. The predicted octanol–water partition coefficient (Wildman–Crippen LogP) is 5.47. The number of carbonyl (C=O) groups excluding carboxylic acids is 1. The van der Waals surface area contributed by atoms with E-state index in [1.807, 2.05) is 6.92 Å². The standard InChI is InChI=1S/C24H21F4N3O2/c1-12(23(32)31-21-5-2-13(11-30-21)24(26,27)28)22-16-9-15(10-17(16)22)33-20-6-7-29-19-4-3-14(25)8-18(19)20/h2-8,11-12,15-17,22H,9-10H2,1H3,(H,30,31,32)/t12?,15?,16-,17+,22?. The number of anilines is 1. The molecule has 2 fully saturated rings. The molecule has 5 nitrogen and oxygen atoms in total. The molecule has 5 rings (SSSR count). The molecule has 2 aliphatic carbocycles. The van der Waals surface area contributed by atoms with Crippen molar-refractivity contribution in [3.63, 3.8) is 0 Å². The van der Waals surface area contributed by atoms with Gasteiger partial charge in [0.2, 0.25) is 5.91 Å². The molecule has 2 saturated carbocycles. The zero-order valence-electron chi connectivity index (χ0n) is 17.6. The number of nitrogens with zero attached hydrogens (tertiary/aromatic N) is 2. The van der Waals surface area contributed by atoms with Gasteiger partial charge < -0.3 is 10.1 Å². The Balaban J connectivity index is 1.17. The maximum Gasteiger partial charge on any atom is 0.417 e. The number of fused-ring (bicyclic) bond motifs is 2. The third-order valence-corrected chi connectivity index (χ3v) is 6.76. The van der Waals surface area contributed by atoms with E-state index in [2.05, 4.69) is 15.3 Å². The number of ether oxygens (including phenoxy) is 1. The normalized spacial score (nSPS) is 24.9. The van der Waals surface area contributed by atoms with Crippen LogP contribution in [0.3, 0.4) is 0 Å². The molecule has 33 heavy (non-hydrogen) atoms. The summed E-state index contributed by atoms with van der Waals surface area (Å²) >= 11 is 0. The molecule has 1 aromatic carbocycles. The van der Waals surface area contributed by atoms with Crippen molar-refractivity contribution in [2.75, 3.05) is 5.32 Å². The third kappa shape index (κ3) is 4.24. The third-order valence-electron chi connectivity index (χ3n) is 6.76. The van der Waals surface area contributed by atoms with Crippen molar-refractivity contribution in [1.82, 2.24) is 9.97 Å². The van der Waals surface area contributed by atoms with Gasteiger partial charge in [-0.25, -0.2) is 9.37 Å². The largest absolute Gasteiger partial charge is 0.490 e. The van der Waals surface area contributed by atoms with Gasteiger partial charge in [-0.1, -0.05) is 6.92 Å². The first kappa shape index (κ1) is 21.6. The number of hydrogen-bond acceptors (Lipinski definition) is 4. The van der Waals surface area contributed by atoms with Gasteiger partial charge in [0.1, 0.15) is 17.4 Å². The molecule has 9 heteroatoms. The highest BCUT2D eigenvalue weighted by Crippen LogP contribution is 2.61. The van der Waals surface area contributed by atoms with Gasteiger partial charge in [0, 0.05) is 23.7 Å². The van der Waals surface area contributed by atoms with Crippen LogP contribution in [0.5, 0.6) is 5.75 Å². The minimum atomic E-state index is -4.47. The lowest BCUT2D eigenvalue weighted by molar-refractivity contribution is -0.137. The smallest absolute Gasteiger partial charge is 0.417 e. The fourth-order valence-corrected chi connectivity index (χ4v) is 5.11. The van der Waals surface area contributed by atoms with Gasteiger partial charge in [-0.3, -0.25) is 9.78 Å². The molecule has 5 atom stereocenters. The van der Waals surface area contributed by atoms with Gasteiger partial charge >= 0.3 is 6.18 Å². The van der Waals surface area contributed by atoms with Crippen LogP contribution in [0.25, 0.3) is 10.9 Å². The van der Waals surface area contributed by atoms with Gasteiger partial charge in [-0.05, 0) is 67.0 Å². The van der Waals surface area contributed by atoms with E-state index in [4.69, 9.17) is 4.74 Å². The van der Waals surface area contributed by atoms with Crippen molar-refractivity contribution in [2.45, 2.75) is 32.0 Å². The second-order valence-electron chi connectivity index (χ2n) is 8.79. The van der Waals surface area contributed by atoms with Crippen molar-refractivity contribution >= 4 is 22.6 Å². The summed E-state index contributed by atoms with van der Waals surface area (Å²) in [5, 5.41) is 3.25. The molecule has 2 aromatic heterocycles. The van der Waals surface area contributed by atoms with Crippen molar-refractivity contribution in [1.29, 1.82) is 0 Å². The maximum absolute atomic E-state index is 13.7. The summed E-state index contributed by atoms with van der Waals surface area (Å²) < 4.78 is 57.8. The maximum atomic E-state index is 13.7. The molecular weight excluding hydrogens is 438 g/mol. The average Bonchev–Trinajstić information content (AvgIpc) is 3.27. The summed E-state index contributed by atoms with van der Waals surface area (Å²) in [6.07, 6.45) is -0.547. The molecule has 1 amide bonds. The second-order valence-corrected chi connectivity index (χ2v) is 8.79. The summed E-state index contributed by atoms with van der Waals surface area (Å²) in [6, 6.07) is 8.18. The van der Waals surface area contributed by atoms with Crippen molar-refractivity contribution in [2.24, 2.45) is 23.7 Å². The van der Waals surface area contributed by atoms with E-state index in [0.29, 0.717) is 34.7 Å². The Labute approximate surface area is 187 Å². The number of nitrogens with one attached hydrogen (secondary N) is 1. The molecule has 2 aliphatic rings. The molecule has 0 saturated heterocycles. The number of alkyl halides is 3. The van der Waals surface area contributed by atoms with Gasteiger partial charge in [0.25, 0.3) is 0 Å². The number of carbonyl (C=O) groups is 1. The lowest BCUT2D eigenvalue weighted by Gasteiger charge is -2.20. The Hall–Kier alpha value is -3.23. The summed E-state index contributed by atoms with van der Waals surface area (Å²) in [7, 11) is 0. The van der Waals surface area contributed by atoms with Gasteiger partial charge in [-0.15, -0.1) is 0 Å². The zero-order valence-corrected chi connectivity index (χ0v) is 17.6. The zero-order chi connectivity index (χ0) is 23.3. The van der Waals surface area contributed by atoms with E-state index in [-0.39, 0.29) is 35.5 Å². The van der Waals surface area contributed by atoms with Crippen LogP contribution in [-0.2, 0) is 11.0 Å². The van der Waals surface area contributed by atoms with Crippen molar-refractivity contribution in [3.8, 4) is 5.75 Å². The van der Waals surface area contributed by atoms with Gasteiger partial charge in [0.15, 0.2) is 0 Å². The molecular formula is C24H21F4N3O2. The lowest BCUT2D eigenvalue weighted by atomic mass is 9.97. The molecule has 3 aromatic rings. The second kappa shape index (κ2) is 7.97. The van der Waals surface area contributed by atoms with E-state index in [9.17, 15) is 22.4 Å². The Morgan fingerprint density at radius 2 is 1.88 bits per heavy atom. The van der Waals surface area contributed by atoms with Crippen LogP contribution in [-0.4, -0.2) is 22.0 Å².